The Morgan fingerprint density at radius 3 is 2.65 bits per heavy atom. The minimum atomic E-state index is 0.521. The molecule has 1 aromatic carbocycles. The van der Waals surface area contributed by atoms with Gasteiger partial charge in [0.15, 0.2) is 5.82 Å². The molecule has 0 amide bonds. The fourth-order valence-corrected chi connectivity index (χ4v) is 3.19. The smallest absolute Gasteiger partial charge is 0.163 e. The molecule has 1 saturated heterocycles. The minimum Gasteiger partial charge on any atom is -0.383 e. The molecule has 0 bridgehead atoms. The Labute approximate surface area is 135 Å². The van der Waals surface area contributed by atoms with Gasteiger partial charge in [-0.2, -0.15) is 0 Å². The number of benzene rings is 1. The Morgan fingerprint density at radius 1 is 1.04 bits per heavy atom. The van der Waals surface area contributed by atoms with E-state index in [4.69, 9.17) is 10.7 Å². The molecule has 0 radical (unpaired) electrons. The number of amidine groups is 1. The normalized spacial score (nSPS) is 18.0. The summed E-state index contributed by atoms with van der Waals surface area (Å²) in [6.07, 6.45) is 2.22. The summed E-state index contributed by atoms with van der Waals surface area (Å²) in [5.74, 6) is 2.22. The number of nitrogens with two attached hydrogens (primary N) is 1. The maximum Gasteiger partial charge on any atom is 0.163 e. The van der Waals surface area contributed by atoms with Gasteiger partial charge in [0, 0.05) is 43.7 Å². The topological polar surface area (TPSA) is 70.6 Å². The lowest BCUT2D eigenvalue weighted by atomic mass is 10.00. The summed E-state index contributed by atoms with van der Waals surface area (Å²) in [4.78, 5) is 18.1. The van der Waals surface area contributed by atoms with Gasteiger partial charge < -0.3 is 15.5 Å². The maximum absolute atomic E-state index is 6.07. The van der Waals surface area contributed by atoms with E-state index in [1.165, 1.54) is 17.5 Å². The van der Waals surface area contributed by atoms with Crippen LogP contribution < -0.4 is 5.73 Å². The third kappa shape index (κ3) is 2.55. The molecule has 118 valence electrons. The van der Waals surface area contributed by atoms with Gasteiger partial charge in [0.1, 0.15) is 18.0 Å². The first kappa shape index (κ1) is 14.1. The number of hydrogen-bond acceptors (Lipinski definition) is 6. The summed E-state index contributed by atoms with van der Waals surface area (Å²) < 4.78 is 0. The molecule has 23 heavy (non-hydrogen) atoms. The zero-order valence-corrected chi connectivity index (χ0v) is 13.2. The molecule has 1 aromatic heterocycles. The number of anilines is 1. The van der Waals surface area contributed by atoms with Crippen LogP contribution in [-0.2, 0) is 6.42 Å². The van der Waals surface area contributed by atoms with E-state index in [-0.39, 0.29) is 0 Å². The quantitative estimate of drug-likeness (QED) is 0.794. The Bertz CT molecular complexity index is 761. The Kier molecular flexibility index (Phi) is 3.46. The van der Waals surface area contributed by atoms with Crippen LogP contribution in [0.1, 0.15) is 16.7 Å². The van der Waals surface area contributed by atoms with Crippen molar-refractivity contribution in [3.05, 3.63) is 47.3 Å². The van der Waals surface area contributed by atoms with E-state index in [1.807, 2.05) is 0 Å². The second-order valence-electron chi connectivity index (χ2n) is 6.12. The van der Waals surface area contributed by atoms with Gasteiger partial charge in [-0.25, -0.2) is 15.0 Å². The largest absolute Gasteiger partial charge is 0.383 e. The predicted octanol–water partition coefficient (Wildman–Crippen LogP) is 1.29. The van der Waals surface area contributed by atoms with Crippen molar-refractivity contribution < 1.29 is 0 Å². The van der Waals surface area contributed by atoms with E-state index in [0.29, 0.717) is 11.6 Å². The monoisotopic (exact) mass is 308 g/mol. The van der Waals surface area contributed by atoms with Crippen molar-refractivity contribution in [2.75, 3.05) is 39.0 Å². The van der Waals surface area contributed by atoms with Crippen LogP contribution in [0.3, 0.4) is 0 Å². The number of likely N-dealkylation sites (N-methyl/N-ethyl adjacent to an activating group) is 1. The van der Waals surface area contributed by atoms with Crippen molar-refractivity contribution in [2.24, 2.45) is 4.99 Å². The Hall–Kier alpha value is -2.47. The van der Waals surface area contributed by atoms with Crippen LogP contribution in [0.4, 0.5) is 11.6 Å². The average Bonchev–Trinajstić information content (AvgIpc) is 2.74. The maximum atomic E-state index is 6.07. The molecule has 0 saturated carbocycles. The molecule has 4 rings (SSSR count). The zero-order valence-electron chi connectivity index (χ0n) is 13.2. The van der Waals surface area contributed by atoms with Crippen molar-refractivity contribution in [3.63, 3.8) is 0 Å². The van der Waals surface area contributed by atoms with Gasteiger partial charge in [-0.15, -0.1) is 0 Å². The first-order valence-corrected chi connectivity index (χ1v) is 7.92. The summed E-state index contributed by atoms with van der Waals surface area (Å²) in [5, 5.41) is 0. The number of aliphatic imine (C=N–C) groups is 1. The summed E-state index contributed by atoms with van der Waals surface area (Å²) in [6.45, 7) is 4.03. The van der Waals surface area contributed by atoms with Crippen LogP contribution in [0.2, 0.25) is 0 Å². The molecule has 1 fully saturated rings. The number of piperazine rings is 1. The molecule has 0 spiro atoms. The highest BCUT2D eigenvalue weighted by Crippen LogP contribution is 2.30. The standard InChI is InChI=1S/C17H20N6/c1-22-6-8-23(9-7-22)17-13-5-3-2-4-12(13)10-14-15(18)19-11-20-16(14)21-17/h2-5,11H,6-10H2,1H3,(H2,18,19,20). The van der Waals surface area contributed by atoms with Gasteiger partial charge >= 0.3 is 0 Å². The highest BCUT2D eigenvalue weighted by molar-refractivity contribution is 6.02. The molecule has 6 nitrogen and oxygen atoms in total. The van der Waals surface area contributed by atoms with E-state index in [2.05, 4.69) is 51.1 Å². The summed E-state index contributed by atoms with van der Waals surface area (Å²) in [6, 6.07) is 8.41. The fraction of sp³-hybridized carbons (Fsp3) is 0.353. The lowest BCUT2D eigenvalue weighted by Crippen LogP contribution is -2.47. The highest BCUT2D eigenvalue weighted by Gasteiger charge is 2.25. The van der Waals surface area contributed by atoms with E-state index in [1.54, 1.807) is 0 Å². The second kappa shape index (κ2) is 5.62. The van der Waals surface area contributed by atoms with Crippen molar-refractivity contribution in [2.45, 2.75) is 6.42 Å². The SMILES string of the molecule is CN1CCN(C2=Nc3ncnc(N)c3Cc3ccccc32)CC1. The van der Waals surface area contributed by atoms with Crippen molar-refractivity contribution in [1.82, 2.24) is 19.8 Å². The van der Waals surface area contributed by atoms with Crippen LogP contribution in [0.15, 0.2) is 35.6 Å². The molecule has 6 heteroatoms. The first-order valence-electron chi connectivity index (χ1n) is 7.92. The van der Waals surface area contributed by atoms with E-state index in [9.17, 15) is 0 Å². The van der Waals surface area contributed by atoms with Crippen LogP contribution in [0.25, 0.3) is 0 Å². The summed E-state index contributed by atoms with van der Waals surface area (Å²) >= 11 is 0. The van der Waals surface area contributed by atoms with Crippen LogP contribution in [0.5, 0.6) is 0 Å². The Morgan fingerprint density at radius 2 is 1.83 bits per heavy atom. The van der Waals surface area contributed by atoms with Crippen molar-refractivity contribution >= 4 is 17.5 Å². The predicted molar refractivity (Wildman–Crippen MR) is 91.0 cm³/mol. The molecule has 2 N–H and O–H groups in total. The number of aromatic nitrogens is 2. The van der Waals surface area contributed by atoms with E-state index < -0.39 is 0 Å². The summed E-state index contributed by atoms with van der Waals surface area (Å²) in [5.41, 5.74) is 9.39. The molecule has 2 aliphatic heterocycles. The second-order valence-corrected chi connectivity index (χ2v) is 6.12. The zero-order chi connectivity index (χ0) is 15.8. The van der Waals surface area contributed by atoms with Gasteiger partial charge in [-0.1, -0.05) is 24.3 Å². The number of nitrogens with zero attached hydrogens (tertiary/aromatic N) is 5. The van der Waals surface area contributed by atoms with E-state index >= 15 is 0 Å². The van der Waals surface area contributed by atoms with E-state index in [0.717, 1.165) is 44.0 Å². The molecule has 0 aliphatic carbocycles. The highest BCUT2D eigenvalue weighted by atomic mass is 15.3. The number of hydrogen-bond donors (Lipinski definition) is 1. The van der Waals surface area contributed by atoms with Gasteiger partial charge in [-0.3, -0.25) is 0 Å². The lowest BCUT2D eigenvalue weighted by Gasteiger charge is -2.34. The van der Waals surface area contributed by atoms with Gasteiger partial charge in [0.05, 0.1) is 0 Å². The first-order chi connectivity index (χ1) is 11.2. The van der Waals surface area contributed by atoms with Gasteiger partial charge in [0.2, 0.25) is 0 Å². The van der Waals surface area contributed by atoms with Crippen molar-refractivity contribution in [3.8, 4) is 0 Å². The molecule has 0 atom stereocenters. The third-order valence-electron chi connectivity index (χ3n) is 4.60. The number of nitrogen functional groups attached to an aromatic ring is 1. The third-order valence-corrected chi connectivity index (χ3v) is 4.60. The number of rotatable bonds is 0. The van der Waals surface area contributed by atoms with Gasteiger partial charge in [0.25, 0.3) is 0 Å². The summed E-state index contributed by atoms with van der Waals surface area (Å²) in [7, 11) is 2.16. The molecular formula is C17H20N6. The number of fused-ring (bicyclic) bond motifs is 2. The Balaban J connectivity index is 1.84. The molecule has 2 aromatic rings. The molecular weight excluding hydrogens is 288 g/mol. The van der Waals surface area contributed by atoms with Crippen LogP contribution in [0, 0.1) is 0 Å². The van der Waals surface area contributed by atoms with Crippen LogP contribution >= 0.6 is 0 Å². The van der Waals surface area contributed by atoms with Crippen molar-refractivity contribution in [1.29, 1.82) is 0 Å². The molecule has 0 unspecified atom stereocenters. The molecule has 2 aliphatic rings. The average molecular weight is 308 g/mol. The fourth-order valence-electron chi connectivity index (χ4n) is 3.19. The van der Waals surface area contributed by atoms with Crippen LogP contribution in [-0.4, -0.2) is 58.8 Å². The lowest BCUT2D eigenvalue weighted by molar-refractivity contribution is 0.216. The van der Waals surface area contributed by atoms with Gasteiger partial charge in [-0.05, 0) is 12.6 Å². The molecule has 3 heterocycles. The minimum absolute atomic E-state index is 0.521.